The van der Waals surface area contributed by atoms with Crippen molar-refractivity contribution in [2.45, 2.75) is 19.5 Å². The van der Waals surface area contributed by atoms with Gasteiger partial charge in [-0.2, -0.15) is 0 Å². The zero-order chi connectivity index (χ0) is 15.2. The summed E-state index contributed by atoms with van der Waals surface area (Å²) < 4.78 is 2.22. The van der Waals surface area contributed by atoms with E-state index in [4.69, 9.17) is 0 Å². The van der Waals surface area contributed by atoms with E-state index in [1.54, 1.807) is 6.08 Å². The first-order valence-electron chi connectivity index (χ1n) is 7.26. The number of fused-ring (bicyclic) bond motifs is 1. The topological polar surface area (TPSA) is 37.3 Å². The fourth-order valence-electron chi connectivity index (χ4n) is 2.32. The maximum Gasteiger partial charge on any atom is 0.237 e. The van der Waals surface area contributed by atoms with Crippen molar-refractivity contribution in [2.24, 2.45) is 0 Å². The number of aromatic nitrogens is 1. The number of carbonyl (C=O) groups is 1. The van der Waals surface area contributed by atoms with E-state index in [1.807, 2.05) is 26.1 Å². The molecule has 0 radical (unpaired) electrons. The maximum atomic E-state index is 11.9. The van der Waals surface area contributed by atoms with Crippen molar-refractivity contribution in [1.82, 2.24) is 14.8 Å². The lowest BCUT2D eigenvalue weighted by Crippen LogP contribution is -2.44. The molecular formula is C17H23N3O. The third kappa shape index (κ3) is 3.73. The van der Waals surface area contributed by atoms with E-state index in [-0.39, 0.29) is 11.9 Å². The molecule has 0 saturated carbocycles. The minimum Gasteiger partial charge on any atom is -0.351 e. The summed E-state index contributed by atoms with van der Waals surface area (Å²) in [5, 5.41) is 4.08. The van der Waals surface area contributed by atoms with Crippen LogP contribution >= 0.6 is 0 Å². The Labute approximate surface area is 126 Å². The van der Waals surface area contributed by atoms with Crippen molar-refractivity contribution < 1.29 is 4.79 Å². The molecule has 2 aromatic rings. The summed E-state index contributed by atoms with van der Waals surface area (Å²) in [5.41, 5.74) is 1.23. The van der Waals surface area contributed by atoms with Crippen LogP contribution in [0.25, 0.3) is 10.9 Å². The van der Waals surface area contributed by atoms with Crippen molar-refractivity contribution >= 4 is 16.8 Å². The first-order valence-corrected chi connectivity index (χ1v) is 7.26. The van der Waals surface area contributed by atoms with E-state index in [0.717, 1.165) is 13.1 Å². The van der Waals surface area contributed by atoms with Crippen LogP contribution in [0.15, 0.2) is 49.2 Å². The zero-order valence-electron chi connectivity index (χ0n) is 12.7. The molecule has 0 spiro atoms. The van der Waals surface area contributed by atoms with Crippen LogP contribution in [-0.2, 0) is 11.3 Å². The van der Waals surface area contributed by atoms with Gasteiger partial charge in [0.2, 0.25) is 5.91 Å². The number of carbonyl (C=O) groups excluding carboxylic acids is 1. The molecule has 21 heavy (non-hydrogen) atoms. The molecule has 0 unspecified atom stereocenters. The van der Waals surface area contributed by atoms with E-state index < -0.39 is 0 Å². The van der Waals surface area contributed by atoms with Crippen molar-refractivity contribution in [1.29, 1.82) is 0 Å². The predicted molar refractivity (Wildman–Crippen MR) is 87.2 cm³/mol. The Morgan fingerprint density at radius 3 is 2.95 bits per heavy atom. The van der Waals surface area contributed by atoms with E-state index in [1.165, 1.54) is 10.9 Å². The van der Waals surface area contributed by atoms with Crippen LogP contribution in [-0.4, -0.2) is 41.6 Å². The van der Waals surface area contributed by atoms with Crippen LogP contribution in [0.4, 0.5) is 0 Å². The third-order valence-corrected chi connectivity index (χ3v) is 3.84. The number of nitrogens with zero attached hydrogens (tertiary/aromatic N) is 2. The van der Waals surface area contributed by atoms with Gasteiger partial charge in [-0.05, 0) is 31.5 Å². The highest BCUT2D eigenvalue weighted by molar-refractivity contribution is 5.81. The molecular weight excluding hydrogens is 262 g/mol. The molecule has 1 aromatic heterocycles. The maximum absolute atomic E-state index is 11.9. The second-order valence-corrected chi connectivity index (χ2v) is 5.26. The summed E-state index contributed by atoms with van der Waals surface area (Å²) in [6, 6.07) is 10.3. The van der Waals surface area contributed by atoms with Gasteiger partial charge in [-0.1, -0.05) is 24.3 Å². The Hall–Kier alpha value is -2.07. The van der Waals surface area contributed by atoms with Gasteiger partial charge in [0.15, 0.2) is 0 Å². The molecule has 1 heterocycles. The zero-order valence-corrected chi connectivity index (χ0v) is 12.7. The smallest absolute Gasteiger partial charge is 0.237 e. The average molecular weight is 285 g/mol. The van der Waals surface area contributed by atoms with Gasteiger partial charge in [-0.15, -0.1) is 6.58 Å². The van der Waals surface area contributed by atoms with Gasteiger partial charge < -0.3 is 9.88 Å². The van der Waals surface area contributed by atoms with Crippen LogP contribution in [0.2, 0.25) is 0 Å². The summed E-state index contributed by atoms with van der Waals surface area (Å²) in [4.78, 5) is 14.0. The first kappa shape index (κ1) is 15.3. The molecule has 0 saturated heterocycles. The summed E-state index contributed by atoms with van der Waals surface area (Å²) >= 11 is 0. The normalized spacial score (nSPS) is 12.5. The van der Waals surface area contributed by atoms with Gasteiger partial charge in [0.05, 0.1) is 6.04 Å². The average Bonchev–Trinajstić information content (AvgIpc) is 2.92. The molecule has 1 amide bonds. The fourth-order valence-corrected chi connectivity index (χ4v) is 2.32. The van der Waals surface area contributed by atoms with Crippen LogP contribution in [0.1, 0.15) is 6.92 Å². The van der Waals surface area contributed by atoms with Crippen LogP contribution in [0.3, 0.4) is 0 Å². The van der Waals surface area contributed by atoms with Crippen LogP contribution in [0.5, 0.6) is 0 Å². The highest BCUT2D eigenvalue weighted by Crippen LogP contribution is 2.14. The Balaban J connectivity index is 1.93. The van der Waals surface area contributed by atoms with Crippen molar-refractivity contribution in [2.75, 3.05) is 20.1 Å². The van der Waals surface area contributed by atoms with Crippen LogP contribution < -0.4 is 5.32 Å². The van der Waals surface area contributed by atoms with E-state index in [0.29, 0.717) is 6.54 Å². The highest BCUT2D eigenvalue weighted by atomic mass is 16.2. The standard InChI is InChI=1S/C17H23N3O/c1-4-10-18-17(21)14(2)19(3)12-13-20-11-9-15-7-5-6-8-16(15)20/h4-9,11,14H,1,10,12-13H2,2-3H3,(H,18,21)/t14-/m0/s1. The minimum atomic E-state index is -0.147. The number of hydrogen-bond acceptors (Lipinski definition) is 2. The molecule has 2 rings (SSSR count). The minimum absolute atomic E-state index is 0.0368. The highest BCUT2D eigenvalue weighted by Gasteiger charge is 2.16. The summed E-state index contributed by atoms with van der Waals surface area (Å²) in [6.07, 6.45) is 3.79. The van der Waals surface area contributed by atoms with Gasteiger partial charge in [0.1, 0.15) is 0 Å². The molecule has 0 fully saturated rings. The molecule has 1 aromatic carbocycles. The molecule has 112 valence electrons. The van der Waals surface area contributed by atoms with Gasteiger partial charge in [0.25, 0.3) is 0 Å². The first-order chi connectivity index (χ1) is 10.1. The summed E-state index contributed by atoms with van der Waals surface area (Å²) in [6.45, 7) is 7.73. The molecule has 4 heteroatoms. The lowest BCUT2D eigenvalue weighted by Gasteiger charge is -2.24. The molecule has 0 aliphatic rings. The largest absolute Gasteiger partial charge is 0.351 e. The number of amides is 1. The predicted octanol–water partition coefficient (Wildman–Crippen LogP) is 2.26. The number of para-hydroxylation sites is 1. The van der Waals surface area contributed by atoms with Crippen molar-refractivity contribution in [3.63, 3.8) is 0 Å². The number of hydrogen-bond donors (Lipinski definition) is 1. The molecule has 0 aliphatic heterocycles. The number of rotatable bonds is 7. The molecule has 1 N–H and O–H groups in total. The third-order valence-electron chi connectivity index (χ3n) is 3.84. The van der Waals surface area contributed by atoms with Crippen molar-refractivity contribution in [3.05, 3.63) is 49.2 Å². The van der Waals surface area contributed by atoms with Gasteiger partial charge in [-0.3, -0.25) is 9.69 Å². The Kier molecular flexibility index (Phi) is 5.17. The summed E-state index contributed by atoms with van der Waals surface area (Å²) in [5.74, 6) is 0.0368. The SMILES string of the molecule is C=CCNC(=O)[C@H](C)N(C)CCn1ccc2ccccc21. The van der Waals surface area contributed by atoms with Gasteiger partial charge in [-0.25, -0.2) is 0 Å². The monoisotopic (exact) mass is 285 g/mol. The van der Waals surface area contributed by atoms with Crippen LogP contribution in [0, 0.1) is 0 Å². The second kappa shape index (κ2) is 7.09. The van der Waals surface area contributed by atoms with E-state index in [2.05, 4.69) is 45.8 Å². The summed E-state index contributed by atoms with van der Waals surface area (Å²) in [7, 11) is 1.98. The van der Waals surface area contributed by atoms with E-state index in [9.17, 15) is 4.79 Å². The Bertz CT molecular complexity index is 617. The molecule has 4 nitrogen and oxygen atoms in total. The lowest BCUT2D eigenvalue weighted by atomic mass is 10.2. The van der Waals surface area contributed by atoms with Gasteiger partial charge >= 0.3 is 0 Å². The lowest BCUT2D eigenvalue weighted by molar-refractivity contribution is -0.125. The number of nitrogens with one attached hydrogen (secondary N) is 1. The second-order valence-electron chi connectivity index (χ2n) is 5.26. The fraction of sp³-hybridized carbons (Fsp3) is 0.353. The quantitative estimate of drug-likeness (QED) is 0.792. The van der Waals surface area contributed by atoms with Gasteiger partial charge in [0, 0.05) is 31.3 Å². The molecule has 0 bridgehead atoms. The Morgan fingerprint density at radius 2 is 2.19 bits per heavy atom. The molecule has 0 aliphatic carbocycles. The molecule has 1 atom stereocenters. The number of likely N-dealkylation sites (N-methyl/N-ethyl adjacent to an activating group) is 1. The number of benzene rings is 1. The van der Waals surface area contributed by atoms with Crippen molar-refractivity contribution in [3.8, 4) is 0 Å². The Morgan fingerprint density at radius 1 is 1.43 bits per heavy atom. The van der Waals surface area contributed by atoms with E-state index >= 15 is 0 Å².